The summed E-state index contributed by atoms with van der Waals surface area (Å²) in [5.41, 5.74) is -0.0797. The number of hydrogen-bond donors (Lipinski definition) is 2. The van der Waals surface area contributed by atoms with E-state index in [-0.39, 0.29) is 23.7 Å². The van der Waals surface area contributed by atoms with E-state index < -0.39 is 16.7 Å². The average molecular weight is 284 g/mol. The van der Waals surface area contributed by atoms with E-state index in [1.54, 1.807) is 0 Å². The van der Waals surface area contributed by atoms with Crippen LogP contribution in [0.3, 0.4) is 0 Å². The largest absolute Gasteiger partial charge is 0.481 e. The summed E-state index contributed by atoms with van der Waals surface area (Å²) in [5.74, 6) is -1.29. The summed E-state index contributed by atoms with van der Waals surface area (Å²) in [6.07, 6.45) is 1.39. The van der Waals surface area contributed by atoms with Crippen molar-refractivity contribution < 1.29 is 19.2 Å². The van der Waals surface area contributed by atoms with Gasteiger partial charge in [0.25, 0.3) is 5.69 Å². The van der Waals surface area contributed by atoms with Crippen LogP contribution in [0.4, 0.5) is 15.8 Å². The van der Waals surface area contributed by atoms with E-state index in [2.05, 4.69) is 5.32 Å². The van der Waals surface area contributed by atoms with E-state index in [1.807, 2.05) is 6.92 Å². The van der Waals surface area contributed by atoms with E-state index in [1.165, 1.54) is 12.1 Å². The molecular weight excluding hydrogens is 267 g/mol. The van der Waals surface area contributed by atoms with Gasteiger partial charge < -0.3 is 10.4 Å². The van der Waals surface area contributed by atoms with Crippen molar-refractivity contribution in [3.8, 4) is 0 Å². The van der Waals surface area contributed by atoms with E-state index in [4.69, 9.17) is 5.11 Å². The zero-order valence-electron chi connectivity index (χ0n) is 11.1. The summed E-state index contributed by atoms with van der Waals surface area (Å²) >= 11 is 0. The fraction of sp³-hybridized carbons (Fsp3) is 0.462. The number of non-ortho nitro benzene ring substituents is 1. The third-order valence-corrected chi connectivity index (χ3v) is 2.97. The van der Waals surface area contributed by atoms with Crippen LogP contribution in [0.5, 0.6) is 0 Å². The molecule has 0 amide bonds. The third kappa shape index (κ3) is 5.21. The molecule has 1 aromatic carbocycles. The second kappa shape index (κ2) is 7.42. The van der Waals surface area contributed by atoms with Gasteiger partial charge in [-0.1, -0.05) is 6.92 Å². The van der Waals surface area contributed by atoms with Crippen LogP contribution in [0.2, 0.25) is 0 Å². The molecule has 0 saturated carbocycles. The Morgan fingerprint density at radius 2 is 2.20 bits per heavy atom. The maximum absolute atomic E-state index is 13.5. The van der Waals surface area contributed by atoms with Crippen molar-refractivity contribution >= 4 is 17.3 Å². The van der Waals surface area contributed by atoms with Gasteiger partial charge in [-0.05, 0) is 24.8 Å². The van der Waals surface area contributed by atoms with Gasteiger partial charge in [-0.3, -0.25) is 14.9 Å². The molecule has 1 atom stereocenters. The molecule has 0 bridgehead atoms. The zero-order valence-corrected chi connectivity index (χ0v) is 11.1. The van der Waals surface area contributed by atoms with Gasteiger partial charge in [0, 0.05) is 19.0 Å². The van der Waals surface area contributed by atoms with Crippen molar-refractivity contribution in [3.05, 3.63) is 34.1 Å². The van der Waals surface area contributed by atoms with Gasteiger partial charge >= 0.3 is 5.97 Å². The van der Waals surface area contributed by atoms with Crippen LogP contribution in [0.1, 0.15) is 26.2 Å². The number of aliphatic carboxylic acids is 1. The van der Waals surface area contributed by atoms with Gasteiger partial charge in [0.1, 0.15) is 0 Å². The topological polar surface area (TPSA) is 92.5 Å². The predicted molar refractivity (Wildman–Crippen MR) is 72.2 cm³/mol. The summed E-state index contributed by atoms with van der Waals surface area (Å²) in [4.78, 5) is 20.2. The predicted octanol–water partition coefficient (Wildman–Crippen LogP) is 3.04. The van der Waals surface area contributed by atoms with Crippen molar-refractivity contribution in [2.75, 3.05) is 11.9 Å². The van der Waals surface area contributed by atoms with Crippen molar-refractivity contribution in [3.63, 3.8) is 0 Å². The Morgan fingerprint density at radius 3 is 2.75 bits per heavy atom. The van der Waals surface area contributed by atoms with Gasteiger partial charge in [0.2, 0.25) is 0 Å². The zero-order chi connectivity index (χ0) is 15.1. The monoisotopic (exact) mass is 284 g/mol. The summed E-state index contributed by atoms with van der Waals surface area (Å²) in [5, 5.41) is 21.9. The summed E-state index contributed by atoms with van der Waals surface area (Å²) in [7, 11) is 0. The molecule has 2 N–H and O–H groups in total. The Kier molecular flexibility index (Phi) is 5.89. The normalized spacial score (nSPS) is 11.9. The molecule has 0 saturated heterocycles. The first-order chi connectivity index (χ1) is 9.40. The lowest BCUT2D eigenvalue weighted by molar-refractivity contribution is -0.385. The van der Waals surface area contributed by atoms with Gasteiger partial charge in [-0.15, -0.1) is 0 Å². The average Bonchev–Trinajstić information content (AvgIpc) is 2.38. The molecule has 0 fully saturated rings. The maximum atomic E-state index is 13.5. The van der Waals surface area contributed by atoms with Crippen LogP contribution < -0.4 is 5.32 Å². The number of nitrogens with one attached hydrogen (secondary N) is 1. The van der Waals surface area contributed by atoms with Gasteiger partial charge in [0.05, 0.1) is 16.7 Å². The second-order valence-corrected chi connectivity index (χ2v) is 4.67. The van der Waals surface area contributed by atoms with Crippen LogP contribution in [-0.2, 0) is 4.79 Å². The molecule has 0 aliphatic rings. The Balaban J connectivity index is 2.42. The van der Waals surface area contributed by atoms with E-state index in [9.17, 15) is 19.3 Å². The molecule has 1 rings (SSSR count). The molecule has 0 aliphatic heterocycles. The lowest BCUT2D eigenvalue weighted by atomic mass is 10.0. The van der Waals surface area contributed by atoms with Crippen LogP contribution in [0, 0.1) is 21.8 Å². The molecule has 110 valence electrons. The Hall–Kier alpha value is -2.18. The lowest BCUT2D eigenvalue weighted by Gasteiger charge is -2.12. The molecular formula is C13H17FN2O4. The number of benzene rings is 1. The minimum Gasteiger partial charge on any atom is -0.481 e. The van der Waals surface area contributed by atoms with Crippen molar-refractivity contribution in [1.82, 2.24) is 0 Å². The first-order valence-corrected chi connectivity index (χ1v) is 6.29. The first-order valence-electron chi connectivity index (χ1n) is 6.29. The van der Waals surface area contributed by atoms with Gasteiger partial charge in [0.15, 0.2) is 5.82 Å². The number of nitro benzene ring substituents is 1. The maximum Gasteiger partial charge on any atom is 0.303 e. The summed E-state index contributed by atoms with van der Waals surface area (Å²) in [6.45, 7) is 2.41. The molecule has 7 heteroatoms. The van der Waals surface area contributed by atoms with Crippen molar-refractivity contribution in [1.29, 1.82) is 0 Å². The Morgan fingerprint density at radius 1 is 1.50 bits per heavy atom. The van der Waals surface area contributed by atoms with Crippen LogP contribution in [0.15, 0.2) is 18.2 Å². The molecule has 20 heavy (non-hydrogen) atoms. The number of carboxylic acid groups (broad SMARTS) is 1. The Labute approximate surface area is 115 Å². The number of carboxylic acids is 1. The number of hydrogen-bond acceptors (Lipinski definition) is 4. The molecule has 0 aliphatic carbocycles. The Bertz CT molecular complexity index is 493. The number of halogens is 1. The highest BCUT2D eigenvalue weighted by Crippen LogP contribution is 2.21. The number of carbonyl (C=O) groups is 1. The second-order valence-electron chi connectivity index (χ2n) is 4.67. The van der Waals surface area contributed by atoms with E-state index in [0.29, 0.717) is 19.4 Å². The first kappa shape index (κ1) is 15.9. The quantitative estimate of drug-likeness (QED) is 0.565. The summed E-state index contributed by atoms with van der Waals surface area (Å²) < 4.78 is 13.5. The SMILES string of the molecule is CC(CCNc1ccc([N+](=O)[O-])cc1F)CCC(=O)O. The lowest BCUT2D eigenvalue weighted by Crippen LogP contribution is -2.09. The fourth-order valence-electron chi connectivity index (χ4n) is 1.73. The standard InChI is InChI=1S/C13H17FN2O4/c1-9(2-5-13(17)18)6-7-15-12-4-3-10(16(19)20)8-11(12)14/h3-4,8-9,15H,2,5-7H2,1H3,(H,17,18). The molecule has 0 radical (unpaired) electrons. The molecule has 1 aromatic rings. The van der Waals surface area contributed by atoms with Crippen LogP contribution >= 0.6 is 0 Å². The fourth-order valence-corrected chi connectivity index (χ4v) is 1.73. The molecule has 6 nitrogen and oxygen atoms in total. The van der Waals surface area contributed by atoms with E-state index >= 15 is 0 Å². The number of anilines is 1. The molecule has 1 unspecified atom stereocenters. The third-order valence-electron chi connectivity index (χ3n) is 2.97. The highest BCUT2D eigenvalue weighted by Gasteiger charge is 2.11. The number of nitro groups is 1. The minimum atomic E-state index is -0.828. The highest BCUT2D eigenvalue weighted by molar-refractivity contribution is 5.66. The van der Waals surface area contributed by atoms with Gasteiger partial charge in [-0.2, -0.15) is 0 Å². The molecule has 0 spiro atoms. The van der Waals surface area contributed by atoms with E-state index in [0.717, 1.165) is 6.07 Å². The van der Waals surface area contributed by atoms with Crippen LogP contribution in [0.25, 0.3) is 0 Å². The highest BCUT2D eigenvalue weighted by atomic mass is 19.1. The smallest absolute Gasteiger partial charge is 0.303 e. The number of rotatable bonds is 8. The van der Waals surface area contributed by atoms with Crippen LogP contribution in [-0.4, -0.2) is 22.5 Å². The van der Waals surface area contributed by atoms with Crippen molar-refractivity contribution in [2.45, 2.75) is 26.2 Å². The van der Waals surface area contributed by atoms with Crippen molar-refractivity contribution in [2.24, 2.45) is 5.92 Å². The minimum absolute atomic E-state index is 0.118. The number of nitrogens with zero attached hydrogens (tertiary/aromatic N) is 1. The summed E-state index contributed by atoms with van der Waals surface area (Å²) in [6, 6.07) is 3.44. The van der Waals surface area contributed by atoms with Gasteiger partial charge in [-0.25, -0.2) is 4.39 Å². The molecule has 0 aromatic heterocycles. The molecule has 0 heterocycles.